The first-order chi connectivity index (χ1) is 11.0. The molecule has 0 aromatic heterocycles. The Labute approximate surface area is 149 Å². The molecule has 0 unspecified atom stereocenters. The number of hydrogen-bond donors (Lipinski definition) is 1. The number of carbonyl (C=O) groups excluding carboxylic acids is 1. The van der Waals surface area contributed by atoms with Gasteiger partial charge in [-0.2, -0.15) is 5.10 Å². The smallest absolute Gasteiger partial charge is 0.244 e. The van der Waals surface area contributed by atoms with Crippen LogP contribution in [0.2, 0.25) is 15.1 Å². The van der Waals surface area contributed by atoms with Crippen molar-refractivity contribution in [2.45, 2.75) is 6.42 Å². The Bertz CT molecular complexity index is 748. The highest BCUT2D eigenvalue weighted by molar-refractivity contribution is 6.43. The second kappa shape index (κ2) is 8.20. The van der Waals surface area contributed by atoms with Crippen LogP contribution in [-0.4, -0.2) is 19.2 Å². The number of rotatable bonds is 5. The van der Waals surface area contributed by atoms with Gasteiger partial charge in [-0.15, -0.1) is 0 Å². The molecule has 0 spiro atoms. The maximum atomic E-state index is 11.9. The third-order valence-electron chi connectivity index (χ3n) is 2.98. The molecule has 4 nitrogen and oxygen atoms in total. The molecule has 0 heterocycles. The van der Waals surface area contributed by atoms with E-state index in [4.69, 9.17) is 39.5 Å². The van der Waals surface area contributed by atoms with Gasteiger partial charge < -0.3 is 4.74 Å². The molecule has 23 heavy (non-hydrogen) atoms. The fraction of sp³-hybridized carbons (Fsp3) is 0.125. The topological polar surface area (TPSA) is 50.7 Å². The minimum absolute atomic E-state index is 0.0800. The zero-order valence-corrected chi connectivity index (χ0v) is 14.4. The molecule has 0 aliphatic rings. The van der Waals surface area contributed by atoms with E-state index in [1.807, 2.05) is 0 Å². The fourth-order valence-electron chi connectivity index (χ4n) is 1.82. The van der Waals surface area contributed by atoms with Gasteiger partial charge in [-0.05, 0) is 29.8 Å². The summed E-state index contributed by atoms with van der Waals surface area (Å²) in [5.74, 6) is 0.320. The number of methoxy groups -OCH3 is 1. The van der Waals surface area contributed by atoms with Crippen LogP contribution in [0.4, 0.5) is 0 Å². The summed E-state index contributed by atoms with van der Waals surface area (Å²) in [5.41, 5.74) is 3.68. The molecule has 1 amide bonds. The predicted octanol–water partition coefficient (Wildman–Crippen LogP) is 4.35. The Morgan fingerprint density at radius 2 is 2.00 bits per heavy atom. The Hall–Kier alpha value is -1.75. The summed E-state index contributed by atoms with van der Waals surface area (Å²) in [5, 5.41) is 5.16. The van der Waals surface area contributed by atoms with Crippen LogP contribution in [0, 0.1) is 0 Å². The van der Waals surface area contributed by atoms with E-state index < -0.39 is 0 Å². The molecule has 0 atom stereocenters. The van der Waals surface area contributed by atoms with Crippen molar-refractivity contribution < 1.29 is 9.53 Å². The Balaban J connectivity index is 2.00. The predicted molar refractivity (Wildman–Crippen MR) is 93.9 cm³/mol. The van der Waals surface area contributed by atoms with Gasteiger partial charge in [-0.25, -0.2) is 5.43 Å². The third-order valence-corrected chi connectivity index (χ3v) is 4.18. The Morgan fingerprint density at radius 3 is 2.74 bits per heavy atom. The monoisotopic (exact) mass is 370 g/mol. The third kappa shape index (κ3) is 4.86. The average Bonchev–Trinajstić information content (AvgIpc) is 2.53. The van der Waals surface area contributed by atoms with Gasteiger partial charge in [0.25, 0.3) is 0 Å². The molecule has 0 fully saturated rings. The van der Waals surface area contributed by atoms with E-state index in [1.54, 1.807) is 43.5 Å². The summed E-state index contributed by atoms with van der Waals surface area (Å²) >= 11 is 18.0. The van der Waals surface area contributed by atoms with Crippen molar-refractivity contribution in [1.29, 1.82) is 0 Å². The standard InChI is InChI=1S/C16H13Cl3N2O2/c1-23-12-5-6-13(17)11(7-12)8-15(22)21-20-9-10-3-2-4-14(18)16(10)19/h2-7,9H,8H2,1H3,(H,21,22)/b20-9+. The van der Waals surface area contributed by atoms with Crippen LogP contribution in [0.1, 0.15) is 11.1 Å². The summed E-state index contributed by atoms with van der Waals surface area (Å²) in [6.45, 7) is 0. The highest BCUT2D eigenvalue weighted by Gasteiger charge is 2.08. The summed E-state index contributed by atoms with van der Waals surface area (Å²) < 4.78 is 5.11. The molecule has 120 valence electrons. The second-order valence-electron chi connectivity index (χ2n) is 4.57. The summed E-state index contributed by atoms with van der Waals surface area (Å²) in [7, 11) is 1.55. The largest absolute Gasteiger partial charge is 0.497 e. The first kappa shape index (κ1) is 17.6. The number of hydrogen-bond acceptors (Lipinski definition) is 3. The molecular weight excluding hydrogens is 359 g/mol. The minimum atomic E-state index is -0.311. The van der Waals surface area contributed by atoms with Crippen LogP contribution in [0.3, 0.4) is 0 Å². The van der Waals surface area contributed by atoms with Gasteiger partial charge in [-0.3, -0.25) is 4.79 Å². The van der Waals surface area contributed by atoms with Gasteiger partial charge in [0.1, 0.15) is 5.75 Å². The maximum Gasteiger partial charge on any atom is 0.244 e. The molecular formula is C16H13Cl3N2O2. The molecule has 0 bridgehead atoms. The van der Waals surface area contributed by atoms with Crippen molar-refractivity contribution in [3.8, 4) is 5.75 Å². The van der Waals surface area contributed by atoms with E-state index in [1.165, 1.54) is 6.21 Å². The summed E-state index contributed by atoms with van der Waals surface area (Å²) in [6.07, 6.45) is 1.51. The van der Waals surface area contributed by atoms with Crippen LogP contribution >= 0.6 is 34.8 Å². The van der Waals surface area contributed by atoms with E-state index in [-0.39, 0.29) is 12.3 Å². The van der Waals surface area contributed by atoms with Crippen molar-refractivity contribution in [3.63, 3.8) is 0 Å². The SMILES string of the molecule is COc1ccc(Cl)c(CC(=O)N/N=C/c2cccc(Cl)c2Cl)c1. The van der Waals surface area contributed by atoms with Gasteiger partial charge in [0.15, 0.2) is 0 Å². The van der Waals surface area contributed by atoms with Gasteiger partial charge in [0, 0.05) is 10.6 Å². The van der Waals surface area contributed by atoms with E-state index in [0.29, 0.717) is 31.9 Å². The molecule has 0 saturated heterocycles. The molecule has 0 aliphatic carbocycles. The first-order valence-electron chi connectivity index (χ1n) is 6.59. The number of benzene rings is 2. The van der Waals surface area contributed by atoms with Gasteiger partial charge in [0.2, 0.25) is 5.91 Å². The number of amides is 1. The molecule has 2 aromatic carbocycles. The molecule has 2 rings (SSSR count). The van der Waals surface area contributed by atoms with Crippen LogP contribution in [0.15, 0.2) is 41.5 Å². The number of ether oxygens (including phenoxy) is 1. The van der Waals surface area contributed by atoms with Crippen molar-refractivity contribution in [3.05, 3.63) is 62.6 Å². The van der Waals surface area contributed by atoms with Gasteiger partial charge in [-0.1, -0.05) is 46.9 Å². The van der Waals surface area contributed by atoms with Crippen molar-refractivity contribution in [2.24, 2.45) is 5.10 Å². The van der Waals surface area contributed by atoms with Crippen LogP contribution in [0.5, 0.6) is 5.75 Å². The van der Waals surface area contributed by atoms with Crippen LogP contribution < -0.4 is 10.2 Å². The molecule has 7 heteroatoms. The van der Waals surface area contributed by atoms with Gasteiger partial charge >= 0.3 is 0 Å². The van der Waals surface area contributed by atoms with E-state index >= 15 is 0 Å². The fourth-order valence-corrected chi connectivity index (χ4v) is 2.36. The molecule has 0 saturated carbocycles. The normalized spacial score (nSPS) is 10.8. The quantitative estimate of drug-likeness (QED) is 0.627. The Kier molecular flexibility index (Phi) is 6.28. The van der Waals surface area contributed by atoms with Crippen LogP contribution in [-0.2, 0) is 11.2 Å². The van der Waals surface area contributed by atoms with Gasteiger partial charge in [0.05, 0.1) is 29.8 Å². The van der Waals surface area contributed by atoms with Crippen LogP contribution in [0.25, 0.3) is 0 Å². The lowest BCUT2D eigenvalue weighted by Gasteiger charge is -2.06. The minimum Gasteiger partial charge on any atom is -0.497 e. The van der Waals surface area contributed by atoms with Crippen molar-refractivity contribution >= 4 is 46.9 Å². The lowest BCUT2D eigenvalue weighted by atomic mass is 10.1. The zero-order chi connectivity index (χ0) is 16.8. The van der Waals surface area contributed by atoms with Crippen molar-refractivity contribution in [2.75, 3.05) is 7.11 Å². The zero-order valence-electron chi connectivity index (χ0n) is 12.1. The average molecular weight is 372 g/mol. The molecule has 1 N–H and O–H groups in total. The molecule has 2 aromatic rings. The lowest BCUT2D eigenvalue weighted by molar-refractivity contribution is -0.120. The number of nitrogens with zero attached hydrogens (tertiary/aromatic N) is 1. The number of hydrazone groups is 1. The summed E-state index contributed by atoms with van der Waals surface area (Å²) in [4.78, 5) is 11.9. The second-order valence-corrected chi connectivity index (χ2v) is 5.76. The van der Waals surface area contributed by atoms with Crippen molar-refractivity contribution in [1.82, 2.24) is 5.43 Å². The lowest BCUT2D eigenvalue weighted by Crippen LogP contribution is -2.20. The highest BCUT2D eigenvalue weighted by Crippen LogP contribution is 2.24. The van der Waals surface area contributed by atoms with E-state index in [2.05, 4.69) is 10.5 Å². The Morgan fingerprint density at radius 1 is 1.22 bits per heavy atom. The first-order valence-corrected chi connectivity index (χ1v) is 7.73. The molecule has 0 radical (unpaired) electrons. The number of nitrogens with one attached hydrogen (secondary N) is 1. The number of halogens is 3. The summed E-state index contributed by atoms with van der Waals surface area (Å²) in [6, 6.07) is 10.3. The molecule has 0 aliphatic heterocycles. The van der Waals surface area contributed by atoms with E-state index in [9.17, 15) is 4.79 Å². The number of carbonyl (C=O) groups is 1. The maximum absolute atomic E-state index is 11.9. The van der Waals surface area contributed by atoms with E-state index in [0.717, 1.165) is 0 Å². The highest BCUT2D eigenvalue weighted by atomic mass is 35.5.